The van der Waals surface area contributed by atoms with Crippen molar-refractivity contribution in [1.82, 2.24) is 0 Å². The molecule has 0 saturated carbocycles. The van der Waals surface area contributed by atoms with E-state index in [1.807, 2.05) is 0 Å². The summed E-state index contributed by atoms with van der Waals surface area (Å²) in [6, 6.07) is 0. The van der Waals surface area contributed by atoms with Crippen molar-refractivity contribution in [3.05, 3.63) is 0 Å². The lowest BCUT2D eigenvalue weighted by atomic mass is 10.1. The zero-order valence-electron chi connectivity index (χ0n) is 15.3. The van der Waals surface area contributed by atoms with Crippen molar-refractivity contribution in [3.63, 3.8) is 0 Å². The number of unbranched alkanes of at least 4 members (excludes halogenated alkanes) is 8. The van der Waals surface area contributed by atoms with E-state index in [1.165, 1.54) is 75.4 Å². The minimum Gasteiger partial charge on any atom is -0.759 e. The summed E-state index contributed by atoms with van der Waals surface area (Å²) in [6.07, 6.45) is 12.9. The van der Waals surface area contributed by atoms with Crippen LogP contribution in [0.25, 0.3) is 0 Å². The second kappa shape index (κ2) is 13.5. The molecular formula is C15H35NO4S. The lowest BCUT2D eigenvalue weighted by Crippen LogP contribution is -2.39. The Labute approximate surface area is 133 Å². The Hall–Kier alpha value is -0.170. The van der Waals surface area contributed by atoms with Gasteiger partial charge in [-0.3, -0.25) is 8.42 Å². The molecule has 0 heterocycles. The summed E-state index contributed by atoms with van der Waals surface area (Å²) < 4.78 is 35.3. The first-order valence-corrected chi connectivity index (χ1v) is 9.44. The third-order valence-corrected chi connectivity index (χ3v) is 3.72. The smallest absolute Gasteiger partial charge is 0.759 e. The van der Waals surface area contributed by atoms with Crippen molar-refractivity contribution in [3.8, 4) is 0 Å². The van der Waals surface area contributed by atoms with Gasteiger partial charge in [-0.05, 0) is 19.8 Å². The van der Waals surface area contributed by atoms with Crippen LogP contribution in [0.15, 0.2) is 0 Å². The Morgan fingerprint density at radius 3 is 1.48 bits per heavy atom. The fourth-order valence-corrected chi connectivity index (χ4v) is 2.01. The molecule has 0 rings (SSSR count). The first-order valence-electron chi connectivity index (χ1n) is 8.11. The minimum absolute atomic E-state index is 0. The summed E-state index contributed by atoms with van der Waals surface area (Å²) >= 11 is 0. The van der Waals surface area contributed by atoms with Gasteiger partial charge in [0, 0.05) is 10.4 Å². The highest BCUT2D eigenvalue weighted by atomic mass is 32.3. The van der Waals surface area contributed by atoms with Crippen LogP contribution in [0.1, 0.15) is 73.1 Å². The average Bonchev–Trinajstić information content (AvgIpc) is 2.35. The maximum atomic E-state index is 8.52. The molecule has 0 aromatic rings. The van der Waals surface area contributed by atoms with E-state index in [2.05, 4.69) is 27.9 Å². The van der Waals surface area contributed by atoms with Gasteiger partial charge in [-0.25, -0.2) is 0 Å². The maximum absolute atomic E-state index is 8.52. The number of hydrogen-bond donors (Lipinski definition) is 0. The Balaban J connectivity index is -0.000000520. The molecule has 0 amide bonds. The summed E-state index contributed by atoms with van der Waals surface area (Å²) in [7, 11) is -0.491. The second-order valence-electron chi connectivity index (χ2n) is 6.21. The normalized spacial score (nSPS) is 11.9. The van der Waals surface area contributed by atoms with Crippen LogP contribution < -0.4 is 0 Å². The number of nitrogens with zero attached hydrogens (tertiary/aromatic N) is 1. The van der Waals surface area contributed by atoms with Crippen molar-refractivity contribution in [2.24, 2.45) is 0 Å². The van der Waals surface area contributed by atoms with Crippen molar-refractivity contribution >= 4 is 10.4 Å². The molecular weight excluding hydrogens is 290 g/mol. The highest BCUT2D eigenvalue weighted by Crippen LogP contribution is 2.10. The van der Waals surface area contributed by atoms with E-state index >= 15 is 0 Å². The molecule has 0 radical (unpaired) electrons. The van der Waals surface area contributed by atoms with E-state index in [4.69, 9.17) is 17.5 Å². The fourth-order valence-electron chi connectivity index (χ4n) is 2.01. The van der Waals surface area contributed by atoms with Crippen LogP contribution in [0.3, 0.4) is 0 Å². The van der Waals surface area contributed by atoms with E-state index in [0.717, 1.165) is 0 Å². The number of hydrogen-bond acceptors (Lipinski definition) is 4. The first-order chi connectivity index (χ1) is 9.62. The number of rotatable bonds is 11. The molecule has 0 spiro atoms. The molecule has 6 heteroatoms. The molecule has 130 valence electrons. The van der Waals surface area contributed by atoms with Gasteiger partial charge in [0.1, 0.15) is 0 Å². The van der Waals surface area contributed by atoms with Crippen LogP contribution in [0.2, 0.25) is 0 Å². The van der Waals surface area contributed by atoms with Crippen molar-refractivity contribution in [2.75, 3.05) is 27.2 Å². The standard InChI is InChI=1S/C15H34N.H2O4S/c1-5-7-8-9-10-11-12-13-14-15-16(3,4)6-2;1-5(2,3)4/h5-15H2,1-4H3;(H2,1,2,3,4)/q+1;/p-1. The maximum Gasteiger partial charge on any atom is 1.00 e. The predicted octanol–water partition coefficient (Wildman–Crippen LogP) is 3.39. The molecule has 0 N–H and O–H groups in total. The minimum atomic E-state index is -5.17. The summed E-state index contributed by atoms with van der Waals surface area (Å²) in [5.74, 6) is 0. The van der Waals surface area contributed by atoms with Gasteiger partial charge >= 0.3 is 1.43 Å². The molecule has 0 unspecified atom stereocenters. The largest absolute Gasteiger partial charge is 1.00 e. The average molecular weight is 326 g/mol. The van der Waals surface area contributed by atoms with E-state index in [9.17, 15) is 0 Å². The van der Waals surface area contributed by atoms with Gasteiger partial charge in [-0.15, -0.1) is 0 Å². The third-order valence-electron chi connectivity index (χ3n) is 3.72. The summed E-state index contributed by atoms with van der Waals surface area (Å²) in [5.41, 5.74) is 0. The second-order valence-corrected chi connectivity index (χ2v) is 7.03. The Morgan fingerprint density at radius 2 is 1.14 bits per heavy atom. The molecule has 5 nitrogen and oxygen atoms in total. The van der Waals surface area contributed by atoms with Crippen LogP contribution in [-0.4, -0.2) is 49.2 Å². The Morgan fingerprint density at radius 1 is 0.810 bits per heavy atom. The summed E-state index contributed by atoms with van der Waals surface area (Å²) in [4.78, 5) is 0. The molecule has 0 aliphatic rings. The molecule has 0 aromatic heterocycles. The Bertz CT molecular complexity index is 314. The van der Waals surface area contributed by atoms with E-state index < -0.39 is 10.4 Å². The van der Waals surface area contributed by atoms with Gasteiger partial charge in [0.05, 0.1) is 27.2 Å². The van der Waals surface area contributed by atoms with Crippen molar-refractivity contribution in [2.45, 2.75) is 71.6 Å². The molecule has 0 saturated heterocycles. The van der Waals surface area contributed by atoms with Gasteiger partial charge in [0.25, 0.3) is 0 Å². The number of quaternary nitrogens is 1. The first kappa shape index (κ1) is 23.1. The monoisotopic (exact) mass is 325 g/mol. The lowest BCUT2D eigenvalue weighted by molar-refractivity contribution is -0.888. The molecule has 21 heavy (non-hydrogen) atoms. The topological polar surface area (TPSA) is 80.3 Å². The summed E-state index contributed by atoms with van der Waals surface area (Å²) in [6.45, 7) is 7.19. The van der Waals surface area contributed by atoms with Crippen molar-refractivity contribution < 1.29 is 23.4 Å². The molecule has 0 aliphatic carbocycles. The van der Waals surface area contributed by atoms with E-state index in [0.29, 0.717) is 0 Å². The molecule has 0 aliphatic heterocycles. The molecule has 0 atom stereocenters. The van der Waals surface area contributed by atoms with Gasteiger partial charge in [-0.2, -0.15) is 0 Å². The van der Waals surface area contributed by atoms with Crippen molar-refractivity contribution in [1.29, 1.82) is 0 Å². The highest BCUT2D eigenvalue weighted by molar-refractivity contribution is 7.79. The van der Waals surface area contributed by atoms with Gasteiger partial charge in [-0.1, -0.05) is 51.9 Å². The van der Waals surface area contributed by atoms with E-state index in [1.54, 1.807) is 0 Å². The van der Waals surface area contributed by atoms with Crippen LogP contribution in [-0.2, 0) is 10.4 Å². The van der Waals surface area contributed by atoms with Crippen LogP contribution in [0, 0.1) is 0 Å². The predicted molar refractivity (Wildman–Crippen MR) is 86.3 cm³/mol. The lowest BCUT2D eigenvalue weighted by Gasteiger charge is -2.28. The molecule has 0 fully saturated rings. The van der Waals surface area contributed by atoms with Gasteiger partial charge in [0.2, 0.25) is 0 Å². The highest BCUT2D eigenvalue weighted by Gasteiger charge is 2.09. The summed E-state index contributed by atoms with van der Waals surface area (Å²) in [5, 5.41) is 0. The van der Waals surface area contributed by atoms with Gasteiger partial charge in [0.15, 0.2) is 0 Å². The SMILES string of the molecule is CCCCCCCCCCC[N+](C)(C)CC.O=S(=O)([O-])[O-].[H+]. The van der Waals surface area contributed by atoms with E-state index in [-0.39, 0.29) is 1.43 Å². The zero-order chi connectivity index (χ0) is 16.8. The van der Waals surface area contributed by atoms with Gasteiger partial charge < -0.3 is 13.6 Å². The fraction of sp³-hybridized carbons (Fsp3) is 1.00. The molecule has 0 bridgehead atoms. The third kappa shape index (κ3) is 28.7. The van der Waals surface area contributed by atoms with Crippen LogP contribution in [0.4, 0.5) is 0 Å². The van der Waals surface area contributed by atoms with Crippen LogP contribution >= 0.6 is 0 Å². The molecule has 0 aromatic carbocycles. The zero-order valence-corrected chi connectivity index (χ0v) is 15.1. The van der Waals surface area contributed by atoms with Crippen LogP contribution in [0.5, 0.6) is 0 Å². The quantitative estimate of drug-likeness (QED) is 0.252. The Kier molecular flexibility index (Phi) is 14.8.